The van der Waals surface area contributed by atoms with Gasteiger partial charge in [-0.25, -0.2) is 9.98 Å². The summed E-state index contributed by atoms with van der Waals surface area (Å²) >= 11 is 0. The average Bonchev–Trinajstić information content (AvgIpc) is 3.06. The second-order valence-electron chi connectivity index (χ2n) is 6.38. The number of aliphatic imine (C=N–C) groups is 1. The van der Waals surface area contributed by atoms with E-state index in [-0.39, 0.29) is 11.8 Å². The van der Waals surface area contributed by atoms with E-state index in [1.807, 2.05) is 4.57 Å². The van der Waals surface area contributed by atoms with E-state index >= 15 is 0 Å². The molecule has 1 aromatic heterocycles. The van der Waals surface area contributed by atoms with Gasteiger partial charge in [-0.3, -0.25) is 5.41 Å². The molecular formula is C15H23N5O3. The molecule has 0 saturated carbocycles. The fourth-order valence-corrected chi connectivity index (χ4v) is 3.31. The van der Waals surface area contributed by atoms with Gasteiger partial charge in [0.25, 0.3) is 0 Å². The summed E-state index contributed by atoms with van der Waals surface area (Å²) in [6, 6.07) is 0. The van der Waals surface area contributed by atoms with Gasteiger partial charge >= 0.3 is 0 Å². The van der Waals surface area contributed by atoms with Crippen LogP contribution in [0.1, 0.15) is 56.6 Å². The van der Waals surface area contributed by atoms with Crippen molar-refractivity contribution in [2.24, 2.45) is 10.7 Å². The minimum Gasteiger partial charge on any atom is -0.391 e. The molecule has 8 heteroatoms. The third-order valence-corrected chi connectivity index (χ3v) is 4.53. The van der Waals surface area contributed by atoms with Crippen molar-refractivity contribution in [3.05, 3.63) is 17.7 Å². The molecule has 126 valence electrons. The fraction of sp³-hybridized carbons (Fsp3) is 0.667. The van der Waals surface area contributed by atoms with Gasteiger partial charge in [-0.05, 0) is 19.3 Å². The number of fused-ring (bicyclic) bond motifs is 1. The Hall–Kier alpha value is -1.77. The van der Waals surface area contributed by atoms with Crippen molar-refractivity contribution in [3.63, 3.8) is 0 Å². The molecule has 5 N–H and O–H groups in total. The molecule has 1 fully saturated rings. The lowest BCUT2D eigenvalue weighted by Crippen LogP contribution is -2.32. The predicted octanol–water partition coefficient (Wildman–Crippen LogP) is 0.492. The molecule has 1 saturated heterocycles. The topological polar surface area (TPSA) is 130 Å². The Morgan fingerprint density at radius 1 is 1.52 bits per heavy atom. The summed E-state index contributed by atoms with van der Waals surface area (Å²) in [5.41, 5.74) is 7.17. The highest BCUT2D eigenvalue weighted by molar-refractivity contribution is 6.04. The normalized spacial score (nSPS) is 32.9. The molecular weight excluding hydrogens is 298 g/mol. The first kappa shape index (κ1) is 16.1. The number of amidine groups is 2. The van der Waals surface area contributed by atoms with Crippen molar-refractivity contribution in [3.8, 4) is 0 Å². The summed E-state index contributed by atoms with van der Waals surface area (Å²) in [7, 11) is 0. The first-order valence-corrected chi connectivity index (χ1v) is 7.88. The van der Waals surface area contributed by atoms with Crippen LogP contribution in [0, 0.1) is 5.41 Å². The first-order chi connectivity index (χ1) is 10.9. The van der Waals surface area contributed by atoms with Crippen LogP contribution in [0.15, 0.2) is 11.3 Å². The summed E-state index contributed by atoms with van der Waals surface area (Å²) in [6.45, 7) is 3.66. The highest BCUT2D eigenvalue weighted by Gasteiger charge is 2.39. The standard InChI is InChI=1S/C15H23N5O3/c1-7-3-4-10(16)19-15(17)12-13(7)20(6-18-12)11-5-9(22)14(23-11)8(2)21/h6-9,11,14,21-22H,3-5H2,1-2H3,(H3,16,17,19). The van der Waals surface area contributed by atoms with Crippen LogP contribution >= 0.6 is 0 Å². The molecule has 8 nitrogen and oxygen atoms in total. The van der Waals surface area contributed by atoms with Crippen LogP contribution in [0.3, 0.4) is 0 Å². The molecule has 1 aromatic rings. The van der Waals surface area contributed by atoms with Gasteiger partial charge in [0.05, 0.1) is 24.2 Å². The van der Waals surface area contributed by atoms with Crippen molar-refractivity contribution >= 4 is 11.7 Å². The number of aliphatic hydroxyl groups is 2. The number of imidazole rings is 1. The van der Waals surface area contributed by atoms with Gasteiger partial charge in [0, 0.05) is 12.8 Å². The van der Waals surface area contributed by atoms with Gasteiger partial charge in [-0.1, -0.05) is 6.92 Å². The Bertz CT molecular complexity index is 639. The lowest BCUT2D eigenvalue weighted by atomic mass is 9.97. The summed E-state index contributed by atoms with van der Waals surface area (Å²) < 4.78 is 7.67. The zero-order chi connectivity index (χ0) is 16.7. The third kappa shape index (κ3) is 2.89. The summed E-state index contributed by atoms with van der Waals surface area (Å²) in [6.07, 6.45) is 0.926. The highest BCUT2D eigenvalue weighted by Crippen LogP contribution is 2.35. The first-order valence-electron chi connectivity index (χ1n) is 7.88. The Kier molecular flexibility index (Phi) is 4.22. The van der Waals surface area contributed by atoms with Crippen LogP contribution in [0.5, 0.6) is 0 Å². The number of nitrogens with zero attached hydrogens (tertiary/aromatic N) is 3. The largest absolute Gasteiger partial charge is 0.391 e. The molecule has 2 aliphatic heterocycles. The Morgan fingerprint density at radius 3 is 2.91 bits per heavy atom. The minimum atomic E-state index is -0.750. The summed E-state index contributed by atoms with van der Waals surface area (Å²) in [5.74, 6) is 0.630. The van der Waals surface area contributed by atoms with E-state index in [2.05, 4.69) is 16.9 Å². The van der Waals surface area contributed by atoms with E-state index in [4.69, 9.17) is 15.9 Å². The van der Waals surface area contributed by atoms with E-state index in [1.54, 1.807) is 13.3 Å². The molecule has 0 bridgehead atoms. The van der Waals surface area contributed by atoms with Crippen LogP contribution in [-0.2, 0) is 4.74 Å². The number of nitrogens with one attached hydrogen (secondary N) is 1. The van der Waals surface area contributed by atoms with Crippen molar-refractivity contribution in [2.45, 2.75) is 63.6 Å². The van der Waals surface area contributed by atoms with Crippen LogP contribution in [-0.4, -0.2) is 49.7 Å². The molecule has 2 aliphatic rings. The van der Waals surface area contributed by atoms with Crippen molar-refractivity contribution < 1.29 is 14.9 Å². The van der Waals surface area contributed by atoms with E-state index in [0.29, 0.717) is 24.4 Å². The van der Waals surface area contributed by atoms with Crippen molar-refractivity contribution in [1.82, 2.24) is 9.55 Å². The van der Waals surface area contributed by atoms with Gasteiger partial charge < -0.3 is 25.3 Å². The molecule has 0 amide bonds. The van der Waals surface area contributed by atoms with Crippen LogP contribution in [0.2, 0.25) is 0 Å². The number of nitrogens with two attached hydrogens (primary N) is 1. The minimum absolute atomic E-state index is 0.0495. The van der Waals surface area contributed by atoms with E-state index < -0.39 is 24.5 Å². The number of aromatic nitrogens is 2. The predicted molar refractivity (Wildman–Crippen MR) is 84.5 cm³/mol. The van der Waals surface area contributed by atoms with Crippen LogP contribution in [0.25, 0.3) is 0 Å². The van der Waals surface area contributed by atoms with Crippen molar-refractivity contribution in [1.29, 1.82) is 5.41 Å². The highest BCUT2D eigenvalue weighted by atomic mass is 16.5. The number of aliphatic hydroxyl groups excluding tert-OH is 2. The lowest BCUT2D eigenvalue weighted by Gasteiger charge is -2.22. The molecule has 0 radical (unpaired) electrons. The molecule has 5 atom stereocenters. The summed E-state index contributed by atoms with van der Waals surface area (Å²) in [5, 5.41) is 27.9. The molecule has 0 spiro atoms. The second-order valence-corrected chi connectivity index (χ2v) is 6.38. The van der Waals surface area contributed by atoms with Gasteiger partial charge in [-0.2, -0.15) is 0 Å². The van der Waals surface area contributed by atoms with Gasteiger partial charge in [0.2, 0.25) is 0 Å². The second kappa shape index (κ2) is 6.03. The van der Waals surface area contributed by atoms with Gasteiger partial charge in [0.15, 0.2) is 5.84 Å². The number of hydrogen-bond donors (Lipinski definition) is 4. The maximum absolute atomic E-state index is 10.1. The molecule has 3 rings (SSSR count). The van der Waals surface area contributed by atoms with E-state index in [9.17, 15) is 10.2 Å². The van der Waals surface area contributed by atoms with Crippen LogP contribution < -0.4 is 5.73 Å². The quantitative estimate of drug-likeness (QED) is 0.630. The van der Waals surface area contributed by atoms with Gasteiger partial charge in [-0.15, -0.1) is 0 Å². The maximum Gasteiger partial charge on any atom is 0.174 e. The molecule has 0 aliphatic carbocycles. The van der Waals surface area contributed by atoms with Crippen LogP contribution in [0.4, 0.5) is 0 Å². The molecule has 0 aromatic carbocycles. The number of ether oxygens (including phenoxy) is 1. The molecule has 23 heavy (non-hydrogen) atoms. The third-order valence-electron chi connectivity index (χ3n) is 4.53. The SMILES string of the molecule is CC1CCC(N)=NC(=N)c2ncn(C3CC(O)C(C(C)O)O3)c21. The lowest BCUT2D eigenvalue weighted by molar-refractivity contribution is -0.0766. The Morgan fingerprint density at radius 2 is 2.26 bits per heavy atom. The average molecular weight is 321 g/mol. The Balaban J connectivity index is 1.96. The van der Waals surface area contributed by atoms with Gasteiger partial charge in [0.1, 0.15) is 23.9 Å². The Labute approximate surface area is 134 Å². The summed E-state index contributed by atoms with van der Waals surface area (Å²) in [4.78, 5) is 8.40. The zero-order valence-electron chi connectivity index (χ0n) is 13.3. The smallest absolute Gasteiger partial charge is 0.174 e. The maximum atomic E-state index is 10.1. The number of rotatable bonds is 2. The van der Waals surface area contributed by atoms with E-state index in [1.165, 1.54) is 0 Å². The fourth-order valence-electron chi connectivity index (χ4n) is 3.31. The molecule has 3 heterocycles. The van der Waals surface area contributed by atoms with E-state index in [0.717, 1.165) is 12.1 Å². The molecule has 5 unspecified atom stereocenters. The zero-order valence-corrected chi connectivity index (χ0v) is 13.3. The van der Waals surface area contributed by atoms with Crippen molar-refractivity contribution in [2.75, 3.05) is 0 Å². The monoisotopic (exact) mass is 321 g/mol. The number of hydrogen-bond acceptors (Lipinski definition) is 6.